The third-order valence-electron chi connectivity index (χ3n) is 3.18. The zero-order chi connectivity index (χ0) is 12.5. The molecule has 0 atom stereocenters. The van der Waals surface area contributed by atoms with Gasteiger partial charge in [-0.2, -0.15) is 0 Å². The van der Waals surface area contributed by atoms with E-state index in [1.165, 1.54) is 11.1 Å². The van der Waals surface area contributed by atoms with Crippen LogP contribution in [0.1, 0.15) is 18.1 Å². The third-order valence-corrected chi connectivity index (χ3v) is 3.18. The van der Waals surface area contributed by atoms with E-state index in [1.807, 2.05) is 12.1 Å². The molecule has 4 nitrogen and oxygen atoms in total. The molecular formula is C14H15N3O. The molecule has 1 aromatic carbocycles. The van der Waals surface area contributed by atoms with Crippen LogP contribution < -0.4 is 10.1 Å². The lowest BCUT2D eigenvalue weighted by Gasteiger charge is -2.04. The maximum Gasteiger partial charge on any atom is 0.148 e. The molecule has 1 aromatic heterocycles. The highest BCUT2D eigenvalue weighted by molar-refractivity contribution is 5.75. The number of ether oxygens (including phenoxy) is 1. The summed E-state index contributed by atoms with van der Waals surface area (Å²) in [5.74, 6) is 1.70. The molecule has 2 aromatic rings. The molecule has 0 saturated carbocycles. The number of anilines is 1. The fourth-order valence-electron chi connectivity index (χ4n) is 2.32. The van der Waals surface area contributed by atoms with Crippen molar-refractivity contribution in [2.45, 2.75) is 13.3 Å². The normalized spacial score (nSPS) is 11.9. The first-order valence-electron chi connectivity index (χ1n) is 6.09. The second-order valence-corrected chi connectivity index (χ2v) is 4.33. The van der Waals surface area contributed by atoms with Gasteiger partial charge in [-0.05, 0) is 36.2 Å². The SMILES string of the molecule is CCNc1cc2c(nn1)-c1cc(OC)ccc1C2. The van der Waals surface area contributed by atoms with Gasteiger partial charge < -0.3 is 10.1 Å². The largest absolute Gasteiger partial charge is 0.497 e. The molecule has 18 heavy (non-hydrogen) atoms. The lowest BCUT2D eigenvalue weighted by Crippen LogP contribution is -2.01. The average Bonchev–Trinajstić information content (AvgIpc) is 2.75. The van der Waals surface area contributed by atoms with Crippen molar-refractivity contribution in [3.05, 3.63) is 35.4 Å². The van der Waals surface area contributed by atoms with Gasteiger partial charge >= 0.3 is 0 Å². The molecule has 1 heterocycles. The molecule has 0 bridgehead atoms. The summed E-state index contributed by atoms with van der Waals surface area (Å²) in [7, 11) is 1.68. The van der Waals surface area contributed by atoms with E-state index in [4.69, 9.17) is 4.74 Å². The molecule has 1 aliphatic carbocycles. The third kappa shape index (κ3) is 1.70. The van der Waals surface area contributed by atoms with Gasteiger partial charge in [-0.15, -0.1) is 10.2 Å². The van der Waals surface area contributed by atoms with Crippen molar-refractivity contribution in [2.24, 2.45) is 0 Å². The van der Waals surface area contributed by atoms with E-state index in [1.54, 1.807) is 7.11 Å². The van der Waals surface area contributed by atoms with Crippen molar-refractivity contribution >= 4 is 5.82 Å². The number of methoxy groups -OCH3 is 1. The number of hydrogen-bond donors (Lipinski definition) is 1. The van der Waals surface area contributed by atoms with Gasteiger partial charge in [0.1, 0.15) is 11.6 Å². The van der Waals surface area contributed by atoms with Gasteiger partial charge in [-0.3, -0.25) is 0 Å². The van der Waals surface area contributed by atoms with Crippen molar-refractivity contribution in [1.82, 2.24) is 10.2 Å². The minimum atomic E-state index is 0.844. The number of aromatic nitrogens is 2. The molecule has 92 valence electrons. The molecule has 1 N–H and O–H groups in total. The first-order chi connectivity index (χ1) is 8.81. The Labute approximate surface area is 106 Å². The van der Waals surface area contributed by atoms with Gasteiger partial charge in [0.2, 0.25) is 0 Å². The number of rotatable bonds is 3. The molecule has 3 rings (SSSR count). The van der Waals surface area contributed by atoms with Crippen LogP contribution in [-0.4, -0.2) is 23.9 Å². The Bertz CT molecular complexity index is 596. The van der Waals surface area contributed by atoms with Crippen LogP contribution in [0.5, 0.6) is 5.75 Å². The molecular weight excluding hydrogens is 226 g/mol. The Balaban J connectivity index is 2.05. The summed E-state index contributed by atoms with van der Waals surface area (Å²) < 4.78 is 5.26. The van der Waals surface area contributed by atoms with Crippen molar-refractivity contribution in [1.29, 1.82) is 0 Å². The van der Waals surface area contributed by atoms with Gasteiger partial charge in [-0.1, -0.05) is 6.07 Å². The van der Waals surface area contributed by atoms with Gasteiger partial charge in [0.25, 0.3) is 0 Å². The Hall–Kier alpha value is -2.10. The van der Waals surface area contributed by atoms with E-state index in [0.29, 0.717) is 0 Å². The minimum absolute atomic E-state index is 0.844. The summed E-state index contributed by atoms with van der Waals surface area (Å²) in [6.07, 6.45) is 0.919. The van der Waals surface area contributed by atoms with Crippen LogP contribution in [0.3, 0.4) is 0 Å². The topological polar surface area (TPSA) is 47.0 Å². The Kier molecular flexibility index (Phi) is 2.63. The quantitative estimate of drug-likeness (QED) is 0.765. The predicted molar refractivity (Wildman–Crippen MR) is 71.0 cm³/mol. The smallest absolute Gasteiger partial charge is 0.148 e. The molecule has 1 aliphatic rings. The lowest BCUT2D eigenvalue weighted by atomic mass is 10.1. The van der Waals surface area contributed by atoms with E-state index in [2.05, 4.69) is 34.6 Å². The zero-order valence-corrected chi connectivity index (χ0v) is 10.5. The van der Waals surface area contributed by atoms with E-state index in [9.17, 15) is 0 Å². The summed E-state index contributed by atoms with van der Waals surface area (Å²) in [4.78, 5) is 0. The van der Waals surface area contributed by atoms with E-state index >= 15 is 0 Å². The van der Waals surface area contributed by atoms with Crippen LogP contribution in [0.2, 0.25) is 0 Å². The zero-order valence-electron chi connectivity index (χ0n) is 10.5. The molecule has 4 heteroatoms. The molecule has 0 saturated heterocycles. The van der Waals surface area contributed by atoms with Crippen molar-refractivity contribution < 1.29 is 4.74 Å². The number of benzene rings is 1. The van der Waals surface area contributed by atoms with Gasteiger partial charge in [0.15, 0.2) is 0 Å². The van der Waals surface area contributed by atoms with Crippen LogP contribution >= 0.6 is 0 Å². The second kappa shape index (κ2) is 4.29. The fraction of sp³-hybridized carbons (Fsp3) is 0.286. The molecule has 0 radical (unpaired) electrons. The number of fused-ring (bicyclic) bond motifs is 3. The lowest BCUT2D eigenvalue weighted by molar-refractivity contribution is 0.415. The monoisotopic (exact) mass is 241 g/mol. The van der Waals surface area contributed by atoms with Crippen molar-refractivity contribution in [3.8, 4) is 17.0 Å². The maximum atomic E-state index is 5.26. The summed E-state index contributed by atoms with van der Waals surface area (Å²) in [5, 5.41) is 11.7. The first kappa shape index (κ1) is 11.0. The van der Waals surface area contributed by atoms with Gasteiger partial charge in [-0.25, -0.2) is 0 Å². The second-order valence-electron chi connectivity index (χ2n) is 4.33. The molecule has 0 aliphatic heterocycles. The van der Waals surface area contributed by atoms with Crippen LogP contribution in [0, 0.1) is 0 Å². The first-order valence-corrected chi connectivity index (χ1v) is 6.09. The van der Waals surface area contributed by atoms with E-state index in [-0.39, 0.29) is 0 Å². The van der Waals surface area contributed by atoms with Gasteiger partial charge in [0, 0.05) is 18.5 Å². The van der Waals surface area contributed by atoms with Crippen LogP contribution in [-0.2, 0) is 6.42 Å². The molecule has 0 fully saturated rings. The van der Waals surface area contributed by atoms with Crippen LogP contribution in [0.15, 0.2) is 24.3 Å². The minimum Gasteiger partial charge on any atom is -0.497 e. The number of nitrogens with zero attached hydrogens (tertiary/aromatic N) is 2. The fourth-order valence-corrected chi connectivity index (χ4v) is 2.32. The molecule has 0 amide bonds. The summed E-state index contributed by atoms with van der Waals surface area (Å²) in [6, 6.07) is 8.20. The average molecular weight is 241 g/mol. The van der Waals surface area contributed by atoms with Crippen LogP contribution in [0.25, 0.3) is 11.3 Å². The highest BCUT2D eigenvalue weighted by Gasteiger charge is 2.21. The number of nitrogens with one attached hydrogen (secondary N) is 1. The summed E-state index contributed by atoms with van der Waals surface area (Å²) >= 11 is 0. The maximum absolute atomic E-state index is 5.26. The predicted octanol–water partition coefficient (Wildman–Crippen LogP) is 2.49. The molecule has 0 unspecified atom stereocenters. The van der Waals surface area contributed by atoms with E-state index in [0.717, 1.165) is 35.8 Å². The number of hydrogen-bond acceptors (Lipinski definition) is 4. The highest BCUT2D eigenvalue weighted by atomic mass is 16.5. The van der Waals surface area contributed by atoms with Crippen molar-refractivity contribution in [3.63, 3.8) is 0 Å². The Morgan fingerprint density at radius 1 is 1.22 bits per heavy atom. The van der Waals surface area contributed by atoms with Gasteiger partial charge in [0.05, 0.1) is 12.8 Å². The summed E-state index contributed by atoms with van der Waals surface area (Å²) in [6.45, 7) is 2.91. The summed E-state index contributed by atoms with van der Waals surface area (Å²) in [5.41, 5.74) is 4.63. The van der Waals surface area contributed by atoms with Crippen molar-refractivity contribution in [2.75, 3.05) is 19.0 Å². The van der Waals surface area contributed by atoms with Crippen LogP contribution in [0.4, 0.5) is 5.82 Å². The Morgan fingerprint density at radius 3 is 2.89 bits per heavy atom. The van der Waals surface area contributed by atoms with E-state index < -0.39 is 0 Å². The highest BCUT2D eigenvalue weighted by Crippen LogP contribution is 2.37. The Morgan fingerprint density at radius 2 is 2.11 bits per heavy atom. The standard InChI is InChI=1S/C14H15N3O/c1-3-15-13-7-10-6-9-4-5-11(18-2)8-12(9)14(10)17-16-13/h4-5,7-8H,3,6H2,1-2H3,(H,15,16). The molecule has 0 spiro atoms.